The van der Waals surface area contributed by atoms with Crippen molar-refractivity contribution in [3.63, 3.8) is 0 Å². The molecule has 2 aliphatic heterocycles. The SMILES string of the molecule is O=C1CSc2ccc(C(=O)N3CCCCC3c3ncn[nH]3)cc2N1. The summed E-state index contributed by atoms with van der Waals surface area (Å²) in [6, 6.07) is 5.43. The molecule has 1 saturated heterocycles. The number of aromatic amines is 1. The van der Waals surface area contributed by atoms with Crippen LogP contribution in [0.5, 0.6) is 0 Å². The van der Waals surface area contributed by atoms with Gasteiger partial charge in [0.2, 0.25) is 5.91 Å². The first-order valence-corrected chi connectivity index (χ1v) is 8.94. The zero-order valence-corrected chi connectivity index (χ0v) is 13.8. The second kappa shape index (κ2) is 6.27. The van der Waals surface area contributed by atoms with Crippen LogP contribution in [0.3, 0.4) is 0 Å². The standard InChI is InChI=1S/C16H17N5O2S/c22-14-8-24-13-5-4-10(7-11(13)19-14)16(23)21-6-2-1-3-12(21)15-17-9-18-20-15/h4-5,7,9,12H,1-3,6,8H2,(H,19,22)(H,17,18,20). The Morgan fingerprint density at radius 2 is 2.25 bits per heavy atom. The van der Waals surface area contributed by atoms with E-state index in [-0.39, 0.29) is 17.9 Å². The normalized spacial score (nSPS) is 20.4. The van der Waals surface area contributed by atoms with Gasteiger partial charge in [-0.25, -0.2) is 4.98 Å². The number of nitrogens with one attached hydrogen (secondary N) is 2. The lowest BCUT2D eigenvalue weighted by atomic mass is 10.00. The highest BCUT2D eigenvalue weighted by molar-refractivity contribution is 8.00. The number of thioether (sulfide) groups is 1. The quantitative estimate of drug-likeness (QED) is 0.872. The number of amides is 2. The molecule has 1 atom stereocenters. The van der Waals surface area contributed by atoms with E-state index in [9.17, 15) is 9.59 Å². The number of carbonyl (C=O) groups is 2. The molecule has 1 aromatic heterocycles. The molecular weight excluding hydrogens is 326 g/mol. The van der Waals surface area contributed by atoms with Crippen molar-refractivity contribution >= 4 is 29.3 Å². The highest BCUT2D eigenvalue weighted by Crippen LogP contribution is 2.34. The number of carbonyl (C=O) groups excluding carboxylic acids is 2. The van der Waals surface area contributed by atoms with Crippen LogP contribution in [-0.4, -0.2) is 44.2 Å². The lowest BCUT2D eigenvalue weighted by Gasteiger charge is -2.34. The predicted molar refractivity (Wildman–Crippen MR) is 89.8 cm³/mol. The van der Waals surface area contributed by atoms with Gasteiger partial charge in [-0.15, -0.1) is 11.8 Å². The molecule has 1 fully saturated rings. The van der Waals surface area contributed by atoms with Gasteiger partial charge in [0.15, 0.2) is 0 Å². The lowest BCUT2D eigenvalue weighted by molar-refractivity contribution is -0.113. The van der Waals surface area contributed by atoms with Crippen molar-refractivity contribution in [2.24, 2.45) is 0 Å². The van der Waals surface area contributed by atoms with Gasteiger partial charge in [-0.3, -0.25) is 14.7 Å². The molecule has 2 amide bonds. The first kappa shape index (κ1) is 15.2. The van der Waals surface area contributed by atoms with E-state index in [1.807, 2.05) is 17.0 Å². The number of anilines is 1. The number of fused-ring (bicyclic) bond motifs is 1. The van der Waals surface area contributed by atoms with Gasteiger partial charge in [0, 0.05) is 17.0 Å². The molecule has 1 aromatic carbocycles. The van der Waals surface area contributed by atoms with Gasteiger partial charge in [-0.05, 0) is 37.5 Å². The summed E-state index contributed by atoms with van der Waals surface area (Å²) in [4.78, 5) is 31.7. The highest BCUT2D eigenvalue weighted by atomic mass is 32.2. The van der Waals surface area contributed by atoms with Gasteiger partial charge in [-0.2, -0.15) is 5.10 Å². The molecule has 8 heteroatoms. The molecule has 0 aliphatic carbocycles. The maximum Gasteiger partial charge on any atom is 0.254 e. The first-order chi connectivity index (χ1) is 11.7. The number of rotatable bonds is 2. The summed E-state index contributed by atoms with van der Waals surface area (Å²) >= 11 is 1.49. The zero-order chi connectivity index (χ0) is 16.5. The largest absolute Gasteiger partial charge is 0.328 e. The minimum absolute atomic E-state index is 0.0328. The average molecular weight is 343 g/mol. The molecule has 2 aliphatic rings. The van der Waals surface area contributed by atoms with Gasteiger partial charge >= 0.3 is 0 Å². The number of nitrogens with zero attached hydrogens (tertiary/aromatic N) is 3. The maximum atomic E-state index is 13.0. The number of piperidine rings is 1. The van der Waals surface area contributed by atoms with Crippen molar-refractivity contribution < 1.29 is 9.59 Å². The molecule has 4 rings (SSSR count). The molecule has 3 heterocycles. The van der Waals surface area contributed by atoms with Gasteiger partial charge in [0.05, 0.1) is 17.5 Å². The van der Waals surface area contributed by atoms with Crippen molar-refractivity contribution in [1.82, 2.24) is 20.1 Å². The monoisotopic (exact) mass is 343 g/mol. The predicted octanol–water partition coefficient (Wildman–Crippen LogP) is 2.22. The Hall–Kier alpha value is -2.35. The van der Waals surface area contributed by atoms with E-state index in [0.717, 1.165) is 35.7 Å². The Bertz CT molecular complexity index is 777. The van der Waals surface area contributed by atoms with Crippen molar-refractivity contribution in [2.75, 3.05) is 17.6 Å². The summed E-state index contributed by atoms with van der Waals surface area (Å²) in [6.07, 6.45) is 4.39. The van der Waals surface area contributed by atoms with Gasteiger partial charge in [0.1, 0.15) is 12.2 Å². The Morgan fingerprint density at radius 3 is 3.08 bits per heavy atom. The number of likely N-dealkylation sites (tertiary alicyclic amines) is 1. The molecule has 0 bridgehead atoms. The minimum Gasteiger partial charge on any atom is -0.328 e. The van der Waals surface area contributed by atoms with E-state index in [1.165, 1.54) is 18.1 Å². The van der Waals surface area contributed by atoms with Gasteiger partial charge < -0.3 is 10.2 Å². The van der Waals surface area contributed by atoms with Crippen LogP contribution in [0.15, 0.2) is 29.4 Å². The summed E-state index contributed by atoms with van der Waals surface area (Å²) in [7, 11) is 0. The van der Waals surface area contributed by atoms with Crippen LogP contribution < -0.4 is 5.32 Å². The number of benzene rings is 1. The number of hydrogen-bond donors (Lipinski definition) is 2. The second-order valence-electron chi connectivity index (χ2n) is 5.93. The molecular formula is C16H17N5O2S. The second-order valence-corrected chi connectivity index (χ2v) is 6.95. The van der Waals surface area contributed by atoms with E-state index >= 15 is 0 Å². The van der Waals surface area contributed by atoms with Crippen molar-refractivity contribution in [1.29, 1.82) is 0 Å². The summed E-state index contributed by atoms with van der Waals surface area (Å²) in [5.74, 6) is 1.07. The van der Waals surface area contributed by atoms with E-state index in [1.54, 1.807) is 6.07 Å². The van der Waals surface area contributed by atoms with E-state index in [4.69, 9.17) is 0 Å². The lowest BCUT2D eigenvalue weighted by Crippen LogP contribution is -2.39. The van der Waals surface area contributed by atoms with E-state index < -0.39 is 0 Å². The summed E-state index contributed by atoms with van der Waals surface area (Å²) in [5, 5.41) is 9.63. The van der Waals surface area contributed by atoms with Crippen LogP contribution in [0.4, 0.5) is 5.69 Å². The Labute approximate surface area is 143 Å². The molecule has 2 aromatic rings. The number of H-pyrrole nitrogens is 1. The van der Waals surface area contributed by atoms with Gasteiger partial charge in [-0.1, -0.05) is 0 Å². The average Bonchev–Trinajstić information content (AvgIpc) is 3.15. The fraction of sp³-hybridized carbons (Fsp3) is 0.375. The Morgan fingerprint density at radius 1 is 1.33 bits per heavy atom. The summed E-state index contributed by atoms with van der Waals surface area (Å²) in [6.45, 7) is 0.697. The van der Waals surface area contributed by atoms with Crippen LogP contribution in [0, 0.1) is 0 Å². The van der Waals surface area contributed by atoms with Crippen LogP contribution in [-0.2, 0) is 4.79 Å². The van der Waals surface area contributed by atoms with Crippen molar-refractivity contribution in [3.05, 3.63) is 35.9 Å². The summed E-state index contributed by atoms with van der Waals surface area (Å²) in [5.41, 5.74) is 1.30. The van der Waals surface area contributed by atoms with Crippen LogP contribution in [0.1, 0.15) is 41.5 Å². The fourth-order valence-corrected chi connectivity index (χ4v) is 4.00. The topological polar surface area (TPSA) is 91.0 Å². The third kappa shape index (κ3) is 2.77. The third-order valence-corrected chi connectivity index (χ3v) is 5.45. The smallest absolute Gasteiger partial charge is 0.254 e. The van der Waals surface area contributed by atoms with Crippen LogP contribution >= 0.6 is 11.8 Å². The molecule has 24 heavy (non-hydrogen) atoms. The molecule has 0 saturated carbocycles. The Kier molecular flexibility index (Phi) is 3.97. The fourth-order valence-electron chi connectivity index (χ4n) is 3.22. The van der Waals surface area contributed by atoms with Crippen LogP contribution in [0.2, 0.25) is 0 Å². The molecule has 0 spiro atoms. The third-order valence-electron chi connectivity index (χ3n) is 4.37. The highest BCUT2D eigenvalue weighted by Gasteiger charge is 2.31. The van der Waals surface area contributed by atoms with E-state index in [2.05, 4.69) is 20.5 Å². The van der Waals surface area contributed by atoms with Crippen molar-refractivity contribution in [2.45, 2.75) is 30.2 Å². The minimum atomic E-state index is -0.0752. The molecule has 1 unspecified atom stereocenters. The maximum absolute atomic E-state index is 13.0. The van der Waals surface area contributed by atoms with Crippen molar-refractivity contribution in [3.8, 4) is 0 Å². The molecule has 7 nitrogen and oxygen atoms in total. The molecule has 2 N–H and O–H groups in total. The van der Waals surface area contributed by atoms with Crippen LogP contribution in [0.25, 0.3) is 0 Å². The molecule has 0 radical (unpaired) electrons. The first-order valence-electron chi connectivity index (χ1n) is 7.95. The van der Waals surface area contributed by atoms with E-state index in [0.29, 0.717) is 17.9 Å². The molecule has 124 valence electrons. The zero-order valence-electron chi connectivity index (χ0n) is 13.0. The number of aromatic nitrogens is 3. The Balaban J connectivity index is 1.62. The van der Waals surface area contributed by atoms with Gasteiger partial charge in [0.25, 0.3) is 5.91 Å². The summed E-state index contributed by atoms with van der Waals surface area (Å²) < 4.78 is 0. The number of hydrogen-bond acceptors (Lipinski definition) is 5.